The average Bonchev–Trinajstić information content (AvgIpc) is 2.06. The number of aliphatic hydroxyl groups excluding tert-OH is 1. The molecule has 1 rings (SSSR count). The highest BCUT2D eigenvalue weighted by molar-refractivity contribution is 7.97. The quantitative estimate of drug-likeness (QED) is 0.717. The van der Waals surface area contributed by atoms with Crippen molar-refractivity contribution < 1.29 is 5.11 Å². The van der Waals surface area contributed by atoms with Crippen LogP contribution < -0.4 is 0 Å². The van der Waals surface area contributed by atoms with Gasteiger partial charge < -0.3 is 5.11 Å². The van der Waals surface area contributed by atoms with E-state index in [-0.39, 0.29) is 6.61 Å². The molecule has 0 aromatic heterocycles. The molecular formula is C9H13NOS. The van der Waals surface area contributed by atoms with E-state index in [1.54, 1.807) is 11.9 Å². The van der Waals surface area contributed by atoms with E-state index in [1.807, 2.05) is 29.6 Å². The third kappa shape index (κ3) is 3.26. The van der Waals surface area contributed by atoms with Crippen molar-refractivity contribution in [3.8, 4) is 0 Å². The minimum absolute atomic E-state index is 0.205. The number of aliphatic hydroxyl groups is 1. The summed E-state index contributed by atoms with van der Waals surface area (Å²) in [5.41, 5.74) is 0. The molecule has 0 fully saturated rings. The normalized spacial score (nSPS) is 10.6. The zero-order valence-electron chi connectivity index (χ0n) is 7.10. The van der Waals surface area contributed by atoms with E-state index in [1.165, 1.54) is 4.90 Å². The third-order valence-corrected chi connectivity index (χ3v) is 2.40. The summed E-state index contributed by atoms with van der Waals surface area (Å²) in [4.78, 5) is 1.20. The Labute approximate surface area is 77.3 Å². The maximum Gasteiger partial charge on any atom is 0.0567 e. The van der Waals surface area contributed by atoms with Crippen molar-refractivity contribution in [3.05, 3.63) is 30.3 Å². The first-order valence-corrected chi connectivity index (χ1v) is 4.65. The number of hydrogen-bond donors (Lipinski definition) is 1. The summed E-state index contributed by atoms with van der Waals surface area (Å²) < 4.78 is 2.01. The Morgan fingerprint density at radius 3 is 2.58 bits per heavy atom. The fraction of sp³-hybridized carbons (Fsp3) is 0.333. The number of likely N-dealkylation sites (N-methyl/N-ethyl adjacent to an activating group) is 1. The van der Waals surface area contributed by atoms with Crippen LogP contribution in [0.4, 0.5) is 0 Å². The zero-order valence-corrected chi connectivity index (χ0v) is 7.92. The van der Waals surface area contributed by atoms with E-state index in [2.05, 4.69) is 12.1 Å². The molecule has 0 saturated carbocycles. The van der Waals surface area contributed by atoms with Crippen LogP contribution in [0.3, 0.4) is 0 Å². The summed E-state index contributed by atoms with van der Waals surface area (Å²) in [5.74, 6) is 0. The molecule has 1 aromatic carbocycles. The van der Waals surface area contributed by atoms with E-state index < -0.39 is 0 Å². The fourth-order valence-corrected chi connectivity index (χ4v) is 1.66. The molecule has 0 atom stereocenters. The Bertz CT molecular complexity index is 215. The summed E-state index contributed by atoms with van der Waals surface area (Å²) in [6, 6.07) is 10.1. The van der Waals surface area contributed by atoms with Crippen molar-refractivity contribution in [3.63, 3.8) is 0 Å². The van der Waals surface area contributed by atoms with Crippen LogP contribution in [0.25, 0.3) is 0 Å². The van der Waals surface area contributed by atoms with Crippen molar-refractivity contribution >= 4 is 11.9 Å². The Hall–Kier alpha value is -0.510. The number of nitrogens with zero attached hydrogens (tertiary/aromatic N) is 1. The van der Waals surface area contributed by atoms with Crippen molar-refractivity contribution in [2.45, 2.75) is 4.90 Å². The van der Waals surface area contributed by atoms with Crippen LogP contribution in [0, 0.1) is 0 Å². The minimum Gasteiger partial charge on any atom is -0.395 e. The molecule has 0 saturated heterocycles. The molecular weight excluding hydrogens is 170 g/mol. The van der Waals surface area contributed by atoms with Gasteiger partial charge in [0.15, 0.2) is 0 Å². The second-order valence-electron chi connectivity index (χ2n) is 2.48. The van der Waals surface area contributed by atoms with Crippen molar-refractivity contribution in [2.24, 2.45) is 0 Å². The van der Waals surface area contributed by atoms with Gasteiger partial charge in [0.05, 0.1) is 6.61 Å². The topological polar surface area (TPSA) is 23.5 Å². The molecule has 2 nitrogen and oxygen atoms in total. The van der Waals surface area contributed by atoms with Gasteiger partial charge in [-0.1, -0.05) is 18.2 Å². The third-order valence-electron chi connectivity index (χ3n) is 1.42. The molecule has 0 spiro atoms. The molecule has 0 aliphatic carbocycles. The van der Waals surface area contributed by atoms with Gasteiger partial charge in [0, 0.05) is 11.4 Å². The average molecular weight is 183 g/mol. The standard InChI is InChI=1S/C9H13NOS/c1-10(7-8-11)12-9-5-3-2-4-6-9/h2-6,11H,7-8H2,1H3. The highest BCUT2D eigenvalue weighted by Gasteiger charge is 1.98. The first kappa shape index (κ1) is 9.58. The molecule has 0 aliphatic heterocycles. The van der Waals surface area contributed by atoms with Gasteiger partial charge in [0.1, 0.15) is 0 Å². The van der Waals surface area contributed by atoms with Gasteiger partial charge in [0.25, 0.3) is 0 Å². The zero-order chi connectivity index (χ0) is 8.81. The lowest BCUT2D eigenvalue weighted by Crippen LogP contribution is -2.13. The summed E-state index contributed by atoms with van der Waals surface area (Å²) >= 11 is 1.64. The predicted octanol–water partition coefficient (Wildman–Crippen LogP) is 1.62. The highest BCUT2D eigenvalue weighted by Crippen LogP contribution is 2.19. The number of hydrogen-bond acceptors (Lipinski definition) is 3. The minimum atomic E-state index is 0.205. The Balaban J connectivity index is 2.41. The van der Waals surface area contributed by atoms with Gasteiger partial charge in [-0.2, -0.15) is 0 Å². The lowest BCUT2D eigenvalue weighted by molar-refractivity contribution is 0.273. The highest BCUT2D eigenvalue weighted by atomic mass is 32.2. The van der Waals surface area contributed by atoms with E-state index in [0.29, 0.717) is 6.54 Å². The Kier molecular flexibility index (Phi) is 4.14. The van der Waals surface area contributed by atoms with Gasteiger partial charge >= 0.3 is 0 Å². The smallest absolute Gasteiger partial charge is 0.0567 e. The van der Waals surface area contributed by atoms with Crippen LogP contribution in [-0.2, 0) is 0 Å². The molecule has 0 amide bonds. The largest absolute Gasteiger partial charge is 0.395 e. The van der Waals surface area contributed by atoms with Crippen molar-refractivity contribution in [2.75, 3.05) is 20.2 Å². The molecule has 0 bridgehead atoms. The summed E-state index contributed by atoms with van der Waals surface area (Å²) in [7, 11) is 1.97. The lowest BCUT2D eigenvalue weighted by atomic mass is 10.4. The molecule has 12 heavy (non-hydrogen) atoms. The lowest BCUT2D eigenvalue weighted by Gasteiger charge is -2.12. The fourth-order valence-electron chi connectivity index (χ4n) is 0.848. The van der Waals surface area contributed by atoms with Gasteiger partial charge in [-0.3, -0.25) is 0 Å². The number of rotatable bonds is 4. The molecule has 0 aliphatic rings. The van der Waals surface area contributed by atoms with Crippen LogP contribution in [0.1, 0.15) is 0 Å². The van der Waals surface area contributed by atoms with E-state index >= 15 is 0 Å². The maximum absolute atomic E-state index is 8.66. The van der Waals surface area contributed by atoms with E-state index in [4.69, 9.17) is 5.11 Å². The first-order valence-electron chi connectivity index (χ1n) is 3.88. The second-order valence-corrected chi connectivity index (χ2v) is 3.76. The van der Waals surface area contributed by atoms with Crippen LogP contribution in [0.2, 0.25) is 0 Å². The maximum atomic E-state index is 8.66. The molecule has 1 N–H and O–H groups in total. The van der Waals surface area contributed by atoms with E-state index in [0.717, 1.165) is 0 Å². The molecule has 1 aromatic rings. The molecule has 0 radical (unpaired) electrons. The predicted molar refractivity (Wildman–Crippen MR) is 52.0 cm³/mol. The molecule has 66 valence electrons. The van der Waals surface area contributed by atoms with Gasteiger partial charge in [0.2, 0.25) is 0 Å². The van der Waals surface area contributed by atoms with Crippen molar-refractivity contribution in [1.82, 2.24) is 4.31 Å². The number of benzene rings is 1. The van der Waals surface area contributed by atoms with Gasteiger partial charge in [-0.15, -0.1) is 0 Å². The SMILES string of the molecule is CN(CCO)Sc1ccccc1. The van der Waals surface area contributed by atoms with Crippen LogP contribution >= 0.6 is 11.9 Å². The Morgan fingerprint density at radius 2 is 2.00 bits per heavy atom. The Morgan fingerprint density at radius 1 is 1.33 bits per heavy atom. The van der Waals surface area contributed by atoms with Crippen LogP contribution in [-0.4, -0.2) is 29.6 Å². The van der Waals surface area contributed by atoms with Gasteiger partial charge in [-0.05, 0) is 31.1 Å². The summed E-state index contributed by atoms with van der Waals surface area (Å²) in [6.45, 7) is 0.899. The first-order chi connectivity index (χ1) is 5.83. The molecule has 0 unspecified atom stereocenters. The van der Waals surface area contributed by atoms with E-state index in [9.17, 15) is 0 Å². The van der Waals surface area contributed by atoms with Crippen LogP contribution in [0.5, 0.6) is 0 Å². The van der Waals surface area contributed by atoms with Crippen molar-refractivity contribution in [1.29, 1.82) is 0 Å². The molecule has 3 heteroatoms. The molecule has 0 heterocycles. The monoisotopic (exact) mass is 183 g/mol. The second kappa shape index (κ2) is 5.19. The van der Waals surface area contributed by atoms with Crippen LogP contribution in [0.15, 0.2) is 35.2 Å². The van der Waals surface area contributed by atoms with Gasteiger partial charge in [-0.25, -0.2) is 4.31 Å². The summed E-state index contributed by atoms with van der Waals surface area (Å²) in [5, 5.41) is 8.66. The summed E-state index contributed by atoms with van der Waals surface area (Å²) in [6.07, 6.45) is 0.